The van der Waals surface area contributed by atoms with Crippen LogP contribution < -0.4 is 5.32 Å². The summed E-state index contributed by atoms with van der Waals surface area (Å²) >= 11 is 0. The van der Waals surface area contributed by atoms with E-state index in [1.807, 2.05) is 30.6 Å². The molecule has 33 heavy (non-hydrogen) atoms. The highest BCUT2D eigenvalue weighted by atomic mass is 16.3. The summed E-state index contributed by atoms with van der Waals surface area (Å²) in [6.07, 6.45) is 10.5. The number of H-pyrrole nitrogens is 2. The van der Waals surface area contributed by atoms with Crippen LogP contribution in [0.5, 0.6) is 0 Å². The number of pyridine rings is 3. The molecule has 6 heterocycles. The van der Waals surface area contributed by atoms with Crippen LogP contribution >= 0.6 is 0 Å². The first kappa shape index (κ1) is 19.3. The van der Waals surface area contributed by atoms with Crippen molar-refractivity contribution in [2.45, 2.75) is 13.5 Å². The highest BCUT2D eigenvalue weighted by Gasteiger charge is 2.17. The molecule has 3 N–H and O–H groups in total. The summed E-state index contributed by atoms with van der Waals surface area (Å²) in [5.41, 5.74) is 8.54. The Morgan fingerprint density at radius 2 is 1.88 bits per heavy atom. The molecule has 0 saturated heterocycles. The minimum absolute atomic E-state index is 0.623. The number of nitrogens with one attached hydrogen (secondary N) is 3. The third kappa shape index (κ3) is 3.44. The maximum absolute atomic E-state index is 5.24. The lowest BCUT2D eigenvalue weighted by Gasteiger charge is -2.05. The van der Waals surface area contributed by atoms with E-state index in [4.69, 9.17) is 14.4 Å². The normalized spacial score (nSPS) is 11.5. The number of aromatic nitrogens is 7. The second-order valence-corrected chi connectivity index (χ2v) is 7.71. The Balaban J connectivity index is 1.44. The van der Waals surface area contributed by atoms with Crippen LogP contribution in [0.1, 0.15) is 12.5 Å². The average Bonchev–Trinajstić information content (AvgIpc) is 3.61. The zero-order valence-corrected chi connectivity index (χ0v) is 17.8. The predicted octanol–water partition coefficient (Wildman–Crippen LogP) is 4.33. The van der Waals surface area contributed by atoms with Gasteiger partial charge in [-0.05, 0) is 36.4 Å². The maximum atomic E-state index is 5.24. The lowest BCUT2D eigenvalue weighted by molar-refractivity contribution is 0.568. The van der Waals surface area contributed by atoms with Crippen LogP contribution in [0.25, 0.3) is 56.0 Å². The zero-order valence-electron chi connectivity index (χ0n) is 17.8. The van der Waals surface area contributed by atoms with E-state index in [9.17, 15) is 0 Å². The number of fused-ring (bicyclic) bond motifs is 2. The summed E-state index contributed by atoms with van der Waals surface area (Å²) in [5, 5.41) is 10.9. The molecule has 6 aromatic rings. The molecule has 0 aliphatic carbocycles. The first-order valence-corrected chi connectivity index (χ1v) is 10.7. The number of furan rings is 1. The van der Waals surface area contributed by atoms with E-state index >= 15 is 0 Å². The molecule has 162 valence electrons. The molecule has 6 aromatic heterocycles. The molecule has 9 nitrogen and oxygen atoms in total. The summed E-state index contributed by atoms with van der Waals surface area (Å²) in [5.74, 6) is 0.623. The van der Waals surface area contributed by atoms with Crippen LogP contribution in [0.3, 0.4) is 0 Å². The van der Waals surface area contributed by atoms with Gasteiger partial charge in [-0.25, -0.2) is 9.97 Å². The first-order valence-electron chi connectivity index (χ1n) is 10.7. The molecule has 6 rings (SSSR count). The molecule has 0 aromatic carbocycles. The van der Waals surface area contributed by atoms with Crippen molar-refractivity contribution < 1.29 is 4.42 Å². The Hall–Kier alpha value is -4.37. The molecule has 0 amide bonds. The van der Waals surface area contributed by atoms with Gasteiger partial charge in [0.05, 0.1) is 35.5 Å². The van der Waals surface area contributed by atoms with Crippen LogP contribution in [0.4, 0.5) is 0 Å². The lowest BCUT2D eigenvalue weighted by atomic mass is 10.1. The smallest absolute Gasteiger partial charge is 0.161 e. The Kier molecular flexibility index (Phi) is 4.66. The summed E-state index contributed by atoms with van der Waals surface area (Å²) in [4.78, 5) is 21.8. The van der Waals surface area contributed by atoms with Crippen molar-refractivity contribution in [3.63, 3.8) is 0 Å². The van der Waals surface area contributed by atoms with Gasteiger partial charge in [0.25, 0.3) is 0 Å². The lowest BCUT2D eigenvalue weighted by Crippen LogP contribution is -2.11. The quantitative estimate of drug-likeness (QED) is 0.355. The molecule has 0 unspecified atom stereocenters. The van der Waals surface area contributed by atoms with Crippen LogP contribution in [0.15, 0.2) is 66.0 Å². The van der Waals surface area contributed by atoms with Gasteiger partial charge in [-0.1, -0.05) is 6.92 Å². The number of imidazole rings is 1. The van der Waals surface area contributed by atoms with E-state index in [1.165, 1.54) is 0 Å². The van der Waals surface area contributed by atoms with Crippen LogP contribution in [-0.2, 0) is 6.54 Å². The minimum Gasteiger partial charge on any atom is -0.472 e. The summed E-state index contributed by atoms with van der Waals surface area (Å²) in [6.45, 7) is 3.75. The van der Waals surface area contributed by atoms with Crippen molar-refractivity contribution in [2.24, 2.45) is 0 Å². The Morgan fingerprint density at radius 1 is 0.939 bits per heavy atom. The number of nitrogens with zero attached hydrogens (tertiary/aromatic N) is 5. The first-order chi connectivity index (χ1) is 16.3. The van der Waals surface area contributed by atoms with E-state index in [0.29, 0.717) is 11.5 Å². The number of hydrogen-bond acceptors (Lipinski definition) is 7. The fourth-order valence-electron chi connectivity index (χ4n) is 3.89. The van der Waals surface area contributed by atoms with Crippen molar-refractivity contribution in [3.05, 3.63) is 67.1 Å². The molecule has 0 saturated carbocycles. The number of hydrogen-bond donors (Lipinski definition) is 3. The van der Waals surface area contributed by atoms with Crippen molar-refractivity contribution in [1.82, 2.24) is 40.4 Å². The summed E-state index contributed by atoms with van der Waals surface area (Å²) in [6, 6.07) is 7.94. The van der Waals surface area contributed by atoms with E-state index in [2.05, 4.69) is 43.5 Å². The monoisotopic (exact) mass is 436 g/mol. The van der Waals surface area contributed by atoms with E-state index in [0.717, 1.165) is 63.1 Å². The molecule has 0 fully saturated rings. The minimum atomic E-state index is 0.623. The van der Waals surface area contributed by atoms with Gasteiger partial charge in [-0.3, -0.25) is 15.1 Å². The fraction of sp³-hybridized carbons (Fsp3) is 0.125. The van der Waals surface area contributed by atoms with Gasteiger partial charge < -0.3 is 14.7 Å². The zero-order chi connectivity index (χ0) is 22.2. The van der Waals surface area contributed by atoms with Gasteiger partial charge in [0.1, 0.15) is 11.0 Å². The van der Waals surface area contributed by atoms with Crippen molar-refractivity contribution in [1.29, 1.82) is 0 Å². The molecule has 0 spiro atoms. The molecular formula is C24H20N8O. The predicted molar refractivity (Wildman–Crippen MR) is 125 cm³/mol. The number of aromatic amines is 2. The van der Waals surface area contributed by atoms with Gasteiger partial charge in [0, 0.05) is 41.8 Å². The maximum Gasteiger partial charge on any atom is 0.161 e. The van der Waals surface area contributed by atoms with Crippen molar-refractivity contribution in [2.75, 3.05) is 6.54 Å². The average molecular weight is 436 g/mol. The number of rotatable bonds is 6. The second-order valence-electron chi connectivity index (χ2n) is 7.71. The summed E-state index contributed by atoms with van der Waals surface area (Å²) in [7, 11) is 0. The molecule has 0 bridgehead atoms. The van der Waals surface area contributed by atoms with Gasteiger partial charge >= 0.3 is 0 Å². The Bertz CT molecular complexity index is 1560. The van der Waals surface area contributed by atoms with E-state index < -0.39 is 0 Å². The third-order valence-corrected chi connectivity index (χ3v) is 5.53. The molecule has 0 aliphatic rings. The summed E-state index contributed by atoms with van der Waals surface area (Å²) < 4.78 is 5.24. The topological polar surface area (TPSA) is 121 Å². The van der Waals surface area contributed by atoms with Crippen LogP contribution in [0, 0.1) is 0 Å². The molecule has 9 heteroatoms. The molecule has 0 radical (unpaired) electrons. The second kappa shape index (κ2) is 7.95. The van der Waals surface area contributed by atoms with Crippen molar-refractivity contribution in [3.8, 4) is 33.9 Å². The SMILES string of the molecule is CCNCc1cncc(-c2ccc3[nH]nc(-c4nc5c(-c6ccoc6)cncc5[nH]4)c3n2)c1. The van der Waals surface area contributed by atoms with E-state index in [-0.39, 0.29) is 0 Å². The third-order valence-electron chi connectivity index (χ3n) is 5.53. The van der Waals surface area contributed by atoms with Gasteiger partial charge in [-0.15, -0.1) is 0 Å². The van der Waals surface area contributed by atoms with Gasteiger partial charge in [0.15, 0.2) is 11.5 Å². The molecule has 0 aliphatic heterocycles. The molecule has 0 atom stereocenters. The van der Waals surface area contributed by atoms with Crippen LogP contribution in [0.2, 0.25) is 0 Å². The highest BCUT2D eigenvalue weighted by molar-refractivity contribution is 5.95. The highest BCUT2D eigenvalue weighted by Crippen LogP contribution is 2.31. The largest absolute Gasteiger partial charge is 0.472 e. The Morgan fingerprint density at radius 3 is 2.76 bits per heavy atom. The van der Waals surface area contributed by atoms with E-state index in [1.54, 1.807) is 24.9 Å². The molecular weight excluding hydrogens is 416 g/mol. The Labute approximate surface area is 188 Å². The van der Waals surface area contributed by atoms with Crippen molar-refractivity contribution >= 4 is 22.1 Å². The standard InChI is InChI=1S/C24H20N8O/c1-2-25-8-14-7-16(10-26-9-14)18-3-4-19-22(28-18)23(32-31-19)24-29-20-12-27-11-17(21(20)30-24)15-5-6-33-13-15/h3-7,9-13,25H,2,8H2,1H3,(H,29,30)(H,31,32). The fourth-order valence-corrected chi connectivity index (χ4v) is 3.89. The van der Waals surface area contributed by atoms with Gasteiger partial charge in [0.2, 0.25) is 0 Å². The van der Waals surface area contributed by atoms with Gasteiger partial charge in [-0.2, -0.15) is 5.10 Å². The van der Waals surface area contributed by atoms with Crippen LogP contribution in [-0.4, -0.2) is 41.7 Å².